The standard InChI is InChI=1S/C20H25N3O3S/c1-21-27(25,26)19-9-5-8-18(13-19)20(24)22-14-16-6-4-7-17(12-16)15-23-10-2-3-11-23/h4-9,12-13,21H,2-3,10-11,14-15H2,1H3,(H,22,24). The van der Waals surface area contributed by atoms with Crippen molar-refractivity contribution in [1.82, 2.24) is 14.9 Å². The molecule has 0 atom stereocenters. The van der Waals surface area contributed by atoms with Crippen LogP contribution in [0.25, 0.3) is 0 Å². The Morgan fingerprint density at radius 2 is 1.74 bits per heavy atom. The number of nitrogens with one attached hydrogen (secondary N) is 2. The van der Waals surface area contributed by atoms with Crippen LogP contribution in [-0.4, -0.2) is 39.4 Å². The summed E-state index contributed by atoms with van der Waals surface area (Å²) in [5, 5.41) is 2.87. The number of carbonyl (C=O) groups excluding carboxylic acids is 1. The molecule has 27 heavy (non-hydrogen) atoms. The van der Waals surface area contributed by atoms with E-state index in [0.717, 1.165) is 25.2 Å². The van der Waals surface area contributed by atoms with Gasteiger partial charge >= 0.3 is 0 Å². The lowest BCUT2D eigenvalue weighted by Gasteiger charge is -2.15. The number of likely N-dealkylation sites (tertiary alicyclic amines) is 1. The SMILES string of the molecule is CNS(=O)(=O)c1cccc(C(=O)NCc2cccc(CN3CCCC3)c2)c1. The number of hydrogen-bond acceptors (Lipinski definition) is 4. The lowest BCUT2D eigenvalue weighted by molar-refractivity contribution is 0.0950. The van der Waals surface area contributed by atoms with Crippen LogP contribution in [0.2, 0.25) is 0 Å². The topological polar surface area (TPSA) is 78.5 Å². The lowest BCUT2D eigenvalue weighted by atomic mass is 10.1. The highest BCUT2D eigenvalue weighted by Crippen LogP contribution is 2.14. The Morgan fingerprint density at radius 3 is 2.48 bits per heavy atom. The number of amides is 1. The summed E-state index contributed by atoms with van der Waals surface area (Å²) >= 11 is 0. The van der Waals surface area contributed by atoms with E-state index < -0.39 is 10.0 Å². The van der Waals surface area contributed by atoms with Gasteiger partial charge in [-0.15, -0.1) is 0 Å². The molecule has 0 aromatic heterocycles. The summed E-state index contributed by atoms with van der Waals surface area (Å²) in [6.07, 6.45) is 2.52. The molecule has 0 saturated carbocycles. The Morgan fingerprint density at radius 1 is 1.04 bits per heavy atom. The molecule has 2 N–H and O–H groups in total. The van der Waals surface area contributed by atoms with E-state index in [9.17, 15) is 13.2 Å². The zero-order valence-corrected chi connectivity index (χ0v) is 16.3. The van der Waals surface area contributed by atoms with Crippen LogP contribution in [0.15, 0.2) is 53.4 Å². The second-order valence-electron chi connectivity index (χ2n) is 6.72. The third-order valence-electron chi connectivity index (χ3n) is 4.72. The second kappa shape index (κ2) is 8.65. The van der Waals surface area contributed by atoms with Crippen molar-refractivity contribution in [3.63, 3.8) is 0 Å². The average molecular weight is 388 g/mol. The Hall–Kier alpha value is -2.22. The average Bonchev–Trinajstić information content (AvgIpc) is 3.19. The Labute approximate surface area is 160 Å². The Bertz CT molecular complexity index is 906. The Kier molecular flexibility index (Phi) is 6.26. The van der Waals surface area contributed by atoms with Crippen LogP contribution >= 0.6 is 0 Å². The normalized spacial score (nSPS) is 15.0. The molecule has 1 amide bonds. The molecule has 1 heterocycles. The van der Waals surface area contributed by atoms with Gasteiger partial charge in [-0.25, -0.2) is 13.1 Å². The Balaban J connectivity index is 1.63. The molecule has 7 heteroatoms. The minimum atomic E-state index is -3.57. The quantitative estimate of drug-likeness (QED) is 0.763. The molecule has 1 aliphatic rings. The first kappa shape index (κ1) is 19.5. The maximum atomic E-state index is 12.4. The predicted octanol–water partition coefficient (Wildman–Crippen LogP) is 2.12. The number of sulfonamides is 1. The number of nitrogens with zero attached hydrogens (tertiary/aromatic N) is 1. The molecule has 1 fully saturated rings. The van der Waals surface area contributed by atoms with E-state index in [1.165, 1.54) is 37.6 Å². The zero-order chi connectivity index (χ0) is 19.3. The van der Waals surface area contributed by atoms with Gasteiger partial charge in [-0.1, -0.05) is 30.3 Å². The number of rotatable bonds is 7. The molecule has 1 aliphatic heterocycles. The van der Waals surface area contributed by atoms with Crippen molar-refractivity contribution in [3.8, 4) is 0 Å². The van der Waals surface area contributed by atoms with E-state index in [1.807, 2.05) is 12.1 Å². The summed E-state index contributed by atoms with van der Waals surface area (Å²) < 4.78 is 26.0. The summed E-state index contributed by atoms with van der Waals surface area (Å²) in [5.74, 6) is -0.298. The highest BCUT2D eigenvalue weighted by Gasteiger charge is 2.15. The number of benzene rings is 2. The number of hydrogen-bond donors (Lipinski definition) is 2. The molecular weight excluding hydrogens is 362 g/mol. The first-order valence-electron chi connectivity index (χ1n) is 9.10. The predicted molar refractivity (Wildman–Crippen MR) is 105 cm³/mol. The largest absolute Gasteiger partial charge is 0.348 e. The molecule has 6 nitrogen and oxygen atoms in total. The summed E-state index contributed by atoms with van der Waals surface area (Å²) in [6.45, 7) is 3.63. The second-order valence-corrected chi connectivity index (χ2v) is 8.61. The van der Waals surface area contributed by atoms with Gasteiger partial charge in [0.15, 0.2) is 0 Å². The van der Waals surface area contributed by atoms with Crippen LogP contribution < -0.4 is 10.0 Å². The van der Waals surface area contributed by atoms with E-state index in [4.69, 9.17) is 0 Å². The number of carbonyl (C=O) groups is 1. The smallest absolute Gasteiger partial charge is 0.251 e. The molecule has 0 radical (unpaired) electrons. The zero-order valence-electron chi connectivity index (χ0n) is 15.4. The molecule has 2 aromatic rings. The molecule has 0 bridgehead atoms. The van der Waals surface area contributed by atoms with Gasteiger partial charge in [-0.05, 0) is 62.3 Å². The molecule has 0 aliphatic carbocycles. The first-order valence-corrected chi connectivity index (χ1v) is 10.6. The maximum absolute atomic E-state index is 12.4. The van der Waals surface area contributed by atoms with Crippen molar-refractivity contribution in [3.05, 3.63) is 65.2 Å². The summed E-state index contributed by atoms with van der Waals surface area (Å²) in [6, 6.07) is 14.2. The fourth-order valence-electron chi connectivity index (χ4n) is 3.24. The van der Waals surface area contributed by atoms with Crippen LogP contribution in [0.3, 0.4) is 0 Å². The van der Waals surface area contributed by atoms with Gasteiger partial charge in [0.2, 0.25) is 10.0 Å². The van der Waals surface area contributed by atoms with Gasteiger partial charge in [-0.3, -0.25) is 9.69 Å². The van der Waals surface area contributed by atoms with Gasteiger partial charge < -0.3 is 5.32 Å². The molecule has 3 rings (SSSR count). The lowest BCUT2D eigenvalue weighted by Crippen LogP contribution is -2.24. The van der Waals surface area contributed by atoms with E-state index in [0.29, 0.717) is 12.1 Å². The minimum absolute atomic E-state index is 0.0743. The van der Waals surface area contributed by atoms with Gasteiger partial charge in [0, 0.05) is 18.7 Å². The van der Waals surface area contributed by atoms with Crippen LogP contribution in [-0.2, 0) is 23.1 Å². The summed E-state index contributed by atoms with van der Waals surface area (Å²) in [7, 11) is -2.23. The van der Waals surface area contributed by atoms with Crippen LogP contribution in [0.5, 0.6) is 0 Å². The fourth-order valence-corrected chi connectivity index (χ4v) is 4.02. The van der Waals surface area contributed by atoms with E-state index >= 15 is 0 Å². The molecule has 0 unspecified atom stereocenters. The fraction of sp³-hybridized carbons (Fsp3) is 0.350. The van der Waals surface area contributed by atoms with E-state index in [-0.39, 0.29) is 10.8 Å². The van der Waals surface area contributed by atoms with Crippen molar-refractivity contribution in [1.29, 1.82) is 0 Å². The van der Waals surface area contributed by atoms with Gasteiger partial charge in [0.25, 0.3) is 5.91 Å². The highest BCUT2D eigenvalue weighted by molar-refractivity contribution is 7.89. The summed E-state index contributed by atoms with van der Waals surface area (Å²) in [4.78, 5) is 14.9. The molecule has 0 spiro atoms. The third-order valence-corrected chi connectivity index (χ3v) is 6.14. The van der Waals surface area contributed by atoms with Gasteiger partial charge in [0.1, 0.15) is 0 Å². The molecule has 2 aromatic carbocycles. The van der Waals surface area contributed by atoms with Crippen LogP contribution in [0.1, 0.15) is 34.3 Å². The molecule has 1 saturated heterocycles. The monoisotopic (exact) mass is 387 g/mol. The van der Waals surface area contributed by atoms with Crippen molar-refractivity contribution in [2.24, 2.45) is 0 Å². The molecule has 144 valence electrons. The van der Waals surface area contributed by atoms with Gasteiger partial charge in [0.05, 0.1) is 4.90 Å². The highest BCUT2D eigenvalue weighted by atomic mass is 32.2. The maximum Gasteiger partial charge on any atom is 0.251 e. The first-order chi connectivity index (χ1) is 13.0. The molecular formula is C20H25N3O3S. The van der Waals surface area contributed by atoms with Crippen LogP contribution in [0.4, 0.5) is 0 Å². The van der Waals surface area contributed by atoms with E-state index in [2.05, 4.69) is 27.1 Å². The van der Waals surface area contributed by atoms with Crippen molar-refractivity contribution < 1.29 is 13.2 Å². The van der Waals surface area contributed by atoms with Crippen molar-refractivity contribution in [2.45, 2.75) is 30.8 Å². The van der Waals surface area contributed by atoms with Crippen molar-refractivity contribution in [2.75, 3.05) is 20.1 Å². The van der Waals surface area contributed by atoms with Crippen LogP contribution in [0, 0.1) is 0 Å². The van der Waals surface area contributed by atoms with E-state index in [1.54, 1.807) is 12.1 Å². The van der Waals surface area contributed by atoms with Gasteiger partial charge in [-0.2, -0.15) is 0 Å². The summed E-state index contributed by atoms with van der Waals surface area (Å²) in [5.41, 5.74) is 2.59. The minimum Gasteiger partial charge on any atom is -0.348 e. The van der Waals surface area contributed by atoms with Crippen molar-refractivity contribution >= 4 is 15.9 Å². The third kappa shape index (κ3) is 5.15.